The first-order valence-electron chi connectivity index (χ1n) is 6.72. The Balaban J connectivity index is 2.04. The molecule has 0 aliphatic rings. The number of para-hydroxylation sites is 2. The molecule has 7 nitrogen and oxygen atoms in total. The van der Waals surface area contributed by atoms with Crippen molar-refractivity contribution in [1.82, 2.24) is 14.8 Å². The van der Waals surface area contributed by atoms with Gasteiger partial charge in [0.05, 0.1) is 17.4 Å². The average Bonchev–Trinajstić information content (AvgIpc) is 3.02. The second-order valence-corrected chi connectivity index (χ2v) is 4.59. The predicted molar refractivity (Wildman–Crippen MR) is 79.1 cm³/mol. The molecule has 112 valence electrons. The molecule has 1 atom stereocenters. The molecule has 0 spiro atoms. The molecule has 0 bridgehead atoms. The molecular formula is C14H19N5O2. The van der Waals surface area contributed by atoms with E-state index in [2.05, 4.69) is 15.4 Å². The number of hydrogen-bond donors (Lipinski definition) is 2. The molecular weight excluding hydrogens is 270 g/mol. The lowest BCUT2D eigenvalue weighted by molar-refractivity contribution is -0.117. The standard InChI is InChI=1S/C14H19N5O2/c1-21-8-4-5-11(15)14(20)18-12-6-2-3-7-13(12)19-10-16-9-17-19/h2-3,6-7,9-11H,4-5,8,15H2,1H3,(H,18,20). The van der Waals surface area contributed by atoms with Gasteiger partial charge in [-0.1, -0.05) is 12.1 Å². The summed E-state index contributed by atoms with van der Waals surface area (Å²) in [5.41, 5.74) is 7.26. The first-order valence-corrected chi connectivity index (χ1v) is 6.72. The van der Waals surface area contributed by atoms with Gasteiger partial charge in [0.25, 0.3) is 0 Å². The highest BCUT2D eigenvalue weighted by molar-refractivity contribution is 5.96. The summed E-state index contributed by atoms with van der Waals surface area (Å²) in [6.45, 7) is 0.594. The Morgan fingerprint density at radius 2 is 2.29 bits per heavy atom. The van der Waals surface area contributed by atoms with Gasteiger partial charge in [-0.25, -0.2) is 9.67 Å². The highest BCUT2D eigenvalue weighted by atomic mass is 16.5. The van der Waals surface area contributed by atoms with E-state index in [0.29, 0.717) is 18.7 Å². The van der Waals surface area contributed by atoms with Crippen molar-refractivity contribution in [2.75, 3.05) is 19.0 Å². The maximum atomic E-state index is 12.1. The number of carbonyl (C=O) groups is 1. The fraction of sp³-hybridized carbons (Fsp3) is 0.357. The first-order chi connectivity index (χ1) is 10.2. The summed E-state index contributed by atoms with van der Waals surface area (Å²) in [7, 11) is 1.62. The number of nitrogens with two attached hydrogens (primary N) is 1. The molecule has 0 aliphatic heterocycles. The summed E-state index contributed by atoms with van der Waals surface area (Å²) in [6.07, 6.45) is 4.33. The van der Waals surface area contributed by atoms with E-state index < -0.39 is 6.04 Å². The topological polar surface area (TPSA) is 95.1 Å². The Bertz CT molecular complexity index is 571. The Kier molecular flexibility index (Phi) is 5.42. The quantitative estimate of drug-likeness (QED) is 0.740. The number of aromatic nitrogens is 3. The zero-order valence-electron chi connectivity index (χ0n) is 11.9. The molecule has 1 heterocycles. The van der Waals surface area contributed by atoms with Crippen LogP contribution < -0.4 is 11.1 Å². The van der Waals surface area contributed by atoms with Crippen LogP contribution in [0.15, 0.2) is 36.9 Å². The molecule has 1 aromatic carbocycles. The van der Waals surface area contributed by atoms with Crippen molar-refractivity contribution < 1.29 is 9.53 Å². The third kappa shape index (κ3) is 4.11. The van der Waals surface area contributed by atoms with Crippen molar-refractivity contribution in [1.29, 1.82) is 0 Å². The van der Waals surface area contributed by atoms with E-state index in [1.54, 1.807) is 24.2 Å². The van der Waals surface area contributed by atoms with E-state index in [1.807, 2.05) is 18.2 Å². The predicted octanol–water partition coefficient (Wildman–Crippen LogP) is 0.960. The van der Waals surface area contributed by atoms with Crippen LogP contribution in [-0.4, -0.2) is 40.4 Å². The molecule has 3 N–H and O–H groups in total. The maximum absolute atomic E-state index is 12.1. The summed E-state index contributed by atoms with van der Waals surface area (Å²) in [4.78, 5) is 16.0. The summed E-state index contributed by atoms with van der Waals surface area (Å²) in [5, 5.41) is 6.90. The van der Waals surface area contributed by atoms with Crippen LogP contribution in [0, 0.1) is 0 Å². The summed E-state index contributed by atoms with van der Waals surface area (Å²) >= 11 is 0. The number of benzene rings is 1. The van der Waals surface area contributed by atoms with Crippen LogP contribution in [0.3, 0.4) is 0 Å². The van der Waals surface area contributed by atoms with Crippen LogP contribution in [-0.2, 0) is 9.53 Å². The Morgan fingerprint density at radius 3 is 3.00 bits per heavy atom. The number of amides is 1. The Hall–Kier alpha value is -2.25. The lowest BCUT2D eigenvalue weighted by atomic mass is 10.1. The second kappa shape index (κ2) is 7.51. The Labute approximate surface area is 123 Å². The van der Waals surface area contributed by atoms with Crippen LogP contribution in [0.2, 0.25) is 0 Å². The van der Waals surface area contributed by atoms with E-state index >= 15 is 0 Å². The van der Waals surface area contributed by atoms with Gasteiger partial charge in [-0.15, -0.1) is 0 Å². The highest BCUT2D eigenvalue weighted by Gasteiger charge is 2.15. The van der Waals surface area contributed by atoms with Crippen molar-refractivity contribution in [2.45, 2.75) is 18.9 Å². The fourth-order valence-corrected chi connectivity index (χ4v) is 1.92. The van der Waals surface area contributed by atoms with E-state index in [-0.39, 0.29) is 5.91 Å². The molecule has 1 amide bonds. The van der Waals surface area contributed by atoms with Crippen molar-refractivity contribution >= 4 is 11.6 Å². The summed E-state index contributed by atoms with van der Waals surface area (Å²) in [5.74, 6) is -0.223. The second-order valence-electron chi connectivity index (χ2n) is 4.59. The van der Waals surface area contributed by atoms with E-state index in [1.165, 1.54) is 6.33 Å². The minimum Gasteiger partial charge on any atom is -0.385 e. The fourth-order valence-electron chi connectivity index (χ4n) is 1.92. The van der Waals surface area contributed by atoms with E-state index in [0.717, 1.165) is 12.1 Å². The molecule has 0 fully saturated rings. The maximum Gasteiger partial charge on any atom is 0.241 e. The molecule has 7 heteroatoms. The molecule has 21 heavy (non-hydrogen) atoms. The molecule has 2 rings (SSSR count). The lowest BCUT2D eigenvalue weighted by Gasteiger charge is -2.14. The van der Waals surface area contributed by atoms with Crippen LogP contribution in [0.1, 0.15) is 12.8 Å². The largest absolute Gasteiger partial charge is 0.385 e. The number of methoxy groups -OCH3 is 1. The number of hydrogen-bond acceptors (Lipinski definition) is 5. The normalized spacial score (nSPS) is 12.1. The van der Waals surface area contributed by atoms with E-state index in [9.17, 15) is 4.79 Å². The number of rotatable bonds is 7. The van der Waals surface area contributed by atoms with Gasteiger partial charge < -0.3 is 15.8 Å². The van der Waals surface area contributed by atoms with Crippen molar-refractivity contribution in [3.05, 3.63) is 36.9 Å². The van der Waals surface area contributed by atoms with Gasteiger partial charge in [0.2, 0.25) is 5.91 Å². The Morgan fingerprint density at radius 1 is 1.48 bits per heavy atom. The average molecular weight is 289 g/mol. The van der Waals surface area contributed by atoms with Gasteiger partial charge in [0, 0.05) is 13.7 Å². The van der Waals surface area contributed by atoms with Gasteiger partial charge in [-0.2, -0.15) is 5.10 Å². The molecule has 1 unspecified atom stereocenters. The van der Waals surface area contributed by atoms with Gasteiger partial charge in [0.1, 0.15) is 12.7 Å². The molecule has 1 aromatic heterocycles. The SMILES string of the molecule is COCCCC(N)C(=O)Nc1ccccc1-n1cncn1. The zero-order chi connectivity index (χ0) is 15.1. The number of nitrogens with one attached hydrogen (secondary N) is 1. The van der Waals surface area contributed by atoms with Gasteiger partial charge >= 0.3 is 0 Å². The van der Waals surface area contributed by atoms with Crippen molar-refractivity contribution in [2.24, 2.45) is 5.73 Å². The zero-order valence-corrected chi connectivity index (χ0v) is 11.9. The minimum absolute atomic E-state index is 0.223. The number of carbonyl (C=O) groups excluding carboxylic acids is 1. The number of ether oxygens (including phenoxy) is 1. The monoisotopic (exact) mass is 289 g/mol. The minimum atomic E-state index is -0.566. The summed E-state index contributed by atoms with van der Waals surface area (Å²) in [6, 6.07) is 6.79. The molecule has 0 radical (unpaired) electrons. The van der Waals surface area contributed by atoms with Crippen molar-refractivity contribution in [3.8, 4) is 5.69 Å². The van der Waals surface area contributed by atoms with Crippen LogP contribution in [0.4, 0.5) is 5.69 Å². The van der Waals surface area contributed by atoms with Gasteiger partial charge in [0.15, 0.2) is 0 Å². The lowest BCUT2D eigenvalue weighted by Crippen LogP contribution is -2.36. The third-order valence-electron chi connectivity index (χ3n) is 3.03. The number of anilines is 1. The summed E-state index contributed by atoms with van der Waals surface area (Å²) < 4.78 is 6.54. The van der Waals surface area contributed by atoms with Crippen LogP contribution >= 0.6 is 0 Å². The smallest absolute Gasteiger partial charge is 0.241 e. The van der Waals surface area contributed by atoms with E-state index in [4.69, 9.17) is 10.5 Å². The molecule has 2 aromatic rings. The third-order valence-corrected chi connectivity index (χ3v) is 3.03. The highest BCUT2D eigenvalue weighted by Crippen LogP contribution is 2.18. The number of nitrogens with zero attached hydrogens (tertiary/aromatic N) is 3. The van der Waals surface area contributed by atoms with Crippen molar-refractivity contribution in [3.63, 3.8) is 0 Å². The van der Waals surface area contributed by atoms with Gasteiger partial charge in [-0.05, 0) is 25.0 Å². The molecule has 0 saturated carbocycles. The van der Waals surface area contributed by atoms with Gasteiger partial charge in [-0.3, -0.25) is 4.79 Å². The molecule has 0 aliphatic carbocycles. The molecule has 0 saturated heterocycles. The first kappa shape index (κ1) is 15.1. The van der Waals surface area contributed by atoms with Crippen LogP contribution in [0.25, 0.3) is 5.69 Å². The van der Waals surface area contributed by atoms with Crippen LogP contribution in [0.5, 0.6) is 0 Å².